The number of alkyl halides is 2. The summed E-state index contributed by atoms with van der Waals surface area (Å²) in [4.78, 5) is 10.8. The van der Waals surface area contributed by atoms with Gasteiger partial charge in [0.2, 0.25) is 0 Å². The number of hydrogen-bond acceptors (Lipinski definition) is 2. The maximum Gasteiger partial charge on any atom is 0.188 e. The topological polar surface area (TPSA) is 17.1 Å². The minimum atomic E-state index is -1.41. The number of halogens is 2. The van der Waals surface area contributed by atoms with Crippen LogP contribution in [0.2, 0.25) is 0 Å². The van der Waals surface area contributed by atoms with Crippen LogP contribution >= 0.6 is 11.8 Å². The molecule has 0 saturated carbocycles. The molecule has 0 aliphatic heterocycles. The second-order valence-corrected chi connectivity index (χ2v) is 4.34. The van der Waals surface area contributed by atoms with Crippen LogP contribution in [-0.2, 0) is 4.79 Å². The van der Waals surface area contributed by atoms with Crippen LogP contribution in [0, 0.1) is 0 Å². The molecule has 0 bridgehead atoms. The summed E-state index contributed by atoms with van der Waals surface area (Å²) in [6.45, 7) is 3.59. The quantitative estimate of drug-likeness (QED) is 0.658. The first-order chi connectivity index (χ1) is 6.61. The Morgan fingerprint density at radius 2 is 1.79 bits per heavy atom. The molecular weight excluding hydrogens is 206 g/mol. The third kappa shape index (κ3) is 6.35. The molecule has 0 aromatic rings. The second kappa shape index (κ2) is 8.21. The van der Waals surface area contributed by atoms with Gasteiger partial charge in [-0.15, -0.1) is 0 Å². The van der Waals surface area contributed by atoms with Gasteiger partial charge in [-0.2, -0.15) is 0 Å². The lowest BCUT2D eigenvalue weighted by molar-refractivity contribution is -0.110. The smallest absolute Gasteiger partial charge is 0.188 e. The van der Waals surface area contributed by atoms with E-state index < -0.39 is 12.3 Å². The maximum absolute atomic E-state index is 13.0. The molecule has 0 saturated heterocycles. The number of carbonyl (C=O) groups is 1. The van der Waals surface area contributed by atoms with Crippen LogP contribution in [0.25, 0.3) is 0 Å². The van der Waals surface area contributed by atoms with Crippen LogP contribution in [0.1, 0.15) is 39.5 Å². The number of carbonyl (C=O) groups excluding carboxylic acids is 1. The summed E-state index contributed by atoms with van der Waals surface area (Å²) in [7, 11) is 0. The molecule has 0 radical (unpaired) electrons. The van der Waals surface area contributed by atoms with Crippen LogP contribution < -0.4 is 0 Å². The summed E-state index contributed by atoms with van der Waals surface area (Å²) in [5.74, 6) is 0.387. The zero-order valence-corrected chi connectivity index (χ0v) is 9.58. The fourth-order valence-electron chi connectivity index (χ4n) is 1.02. The van der Waals surface area contributed by atoms with E-state index >= 15 is 0 Å². The molecule has 0 heterocycles. The van der Waals surface area contributed by atoms with E-state index in [2.05, 4.69) is 0 Å². The summed E-state index contributed by atoms with van der Waals surface area (Å²) < 4.78 is 26.0. The number of hydrogen-bond donors (Lipinski definition) is 0. The molecule has 4 heteroatoms. The van der Waals surface area contributed by atoms with E-state index in [9.17, 15) is 13.6 Å². The molecule has 84 valence electrons. The van der Waals surface area contributed by atoms with Gasteiger partial charge in [-0.25, -0.2) is 8.78 Å². The van der Waals surface area contributed by atoms with Gasteiger partial charge in [0.05, 0.1) is 0 Å². The fourth-order valence-corrected chi connectivity index (χ4v) is 1.80. The van der Waals surface area contributed by atoms with Gasteiger partial charge >= 0.3 is 0 Å². The van der Waals surface area contributed by atoms with Crippen molar-refractivity contribution in [3.8, 4) is 0 Å². The average Bonchev–Trinajstić information content (AvgIpc) is 2.17. The van der Waals surface area contributed by atoms with Gasteiger partial charge in [-0.3, -0.25) is 4.79 Å². The Morgan fingerprint density at radius 1 is 1.21 bits per heavy atom. The van der Waals surface area contributed by atoms with E-state index in [1.807, 2.05) is 6.92 Å². The molecule has 0 fully saturated rings. The zero-order chi connectivity index (χ0) is 11.0. The predicted octanol–water partition coefficient (Wildman–Crippen LogP) is 3.52. The molecule has 2 atom stereocenters. The van der Waals surface area contributed by atoms with Gasteiger partial charge in [-0.05, 0) is 12.8 Å². The summed E-state index contributed by atoms with van der Waals surface area (Å²) in [5.41, 5.74) is 0. The molecule has 1 nitrogen and oxygen atoms in total. The Kier molecular flexibility index (Phi) is 8.14. The molecule has 0 aliphatic carbocycles. The van der Waals surface area contributed by atoms with E-state index in [4.69, 9.17) is 0 Å². The van der Waals surface area contributed by atoms with Crippen molar-refractivity contribution >= 4 is 16.9 Å². The van der Waals surface area contributed by atoms with Crippen molar-refractivity contribution in [1.29, 1.82) is 0 Å². The average molecular weight is 224 g/mol. The highest BCUT2D eigenvalue weighted by molar-refractivity contribution is 8.13. The summed E-state index contributed by atoms with van der Waals surface area (Å²) in [5, 5.41) is 0.0445. The molecule has 0 aromatic heterocycles. The summed E-state index contributed by atoms with van der Waals surface area (Å²) in [6, 6.07) is 0. The van der Waals surface area contributed by atoms with Crippen LogP contribution in [-0.4, -0.2) is 23.2 Å². The second-order valence-electron chi connectivity index (χ2n) is 3.18. The van der Waals surface area contributed by atoms with Crippen molar-refractivity contribution in [2.75, 3.05) is 5.75 Å². The minimum absolute atomic E-state index is 0.0445. The number of thioether (sulfide) groups is 1. The Bertz CT molecular complexity index is 164. The standard InChI is InChI=1S/C10H18F2OS/c1-3-5-8(11)9(12)6-7-14-10(13)4-2/h8-9H,3-7H2,1-2H3. The van der Waals surface area contributed by atoms with Crippen molar-refractivity contribution in [3.63, 3.8) is 0 Å². The van der Waals surface area contributed by atoms with Crippen LogP contribution in [0.5, 0.6) is 0 Å². The van der Waals surface area contributed by atoms with Crippen molar-refractivity contribution < 1.29 is 13.6 Å². The molecular formula is C10H18F2OS. The molecule has 0 aliphatic rings. The summed E-state index contributed by atoms with van der Waals surface area (Å²) in [6.07, 6.45) is -1.26. The monoisotopic (exact) mass is 224 g/mol. The summed E-state index contributed by atoms with van der Waals surface area (Å²) >= 11 is 1.09. The highest BCUT2D eigenvalue weighted by Crippen LogP contribution is 2.17. The first-order valence-corrected chi connectivity index (χ1v) is 6.04. The highest BCUT2D eigenvalue weighted by Gasteiger charge is 2.19. The minimum Gasteiger partial charge on any atom is -0.287 e. The Morgan fingerprint density at radius 3 is 2.29 bits per heavy atom. The van der Waals surface area contributed by atoms with Gasteiger partial charge in [0, 0.05) is 12.2 Å². The molecule has 0 amide bonds. The maximum atomic E-state index is 13.0. The normalized spacial score (nSPS) is 15.1. The lowest BCUT2D eigenvalue weighted by atomic mass is 10.1. The first-order valence-electron chi connectivity index (χ1n) is 5.05. The zero-order valence-electron chi connectivity index (χ0n) is 8.76. The van der Waals surface area contributed by atoms with Gasteiger partial charge < -0.3 is 0 Å². The van der Waals surface area contributed by atoms with Crippen molar-refractivity contribution in [2.45, 2.75) is 51.9 Å². The highest BCUT2D eigenvalue weighted by atomic mass is 32.2. The molecule has 0 spiro atoms. The molecule has 14 heavy (non-hydrogen) atoms. The van der Waals surface area contributed by atoms with Crippen LogP contribution in [0.4, 0.5) is 8.78 Å². The van der Waals surface area contributed by atoms with E-state index in [1.54, 1.807) is 6.92 Å². The molecule has 0 rings (SSSR count). The Labute approximate surface area is 88.6 Å². The van der Waals surface area contributed by atoms with Crippen molar-refractivity contribution in [1.82, 2.24) is 0 Å². The van der Waals surface area contributed by atoms with Gasteiger partial charge in [0.25, 0.3) is 0 Å². The fraction of sp³-hybridized carbons (Fsp3) is 0.900. The van der Waals surface area contributed by atoms with E-state index in [1.165, 1.54) is 0 Å². The molecule has 0 N–H and O–H groups in total. The largest absolute Gasteiger partial charge is 0.287 e. The van der Waals surface area contributed by atoms with Crippen molar-refractivity contribution in [2.24, 2.45) is 0 Å². The SMILES string of the molecule is CCCC(F)C(F)CCSC(=O)CC. The van der Waals surface area contributed by atoms with Gasteiger partial charge in [-0.1, -0.05) is 32.0 Å². The van der Waals surface area contributed by atoms with Gasteiger partial charge in [0.15, 0.2) is 5.12 Å². The van der Waals surface area contributed by atoms with Crippen LogP contribution in [0.3, 0.4) is 0 Å². The lowest BCUT2D eigenvalue weighted by Crippen LogP contribution is -2.17. The Hall–Kier alpha value is -0.120. The van der Waals surface area contributed by atoms with Crippen molar-refractivity contribution in [3.05, 3.63) is 0 Å². The lowest BCUT2D eigenvalue weighted by Gasteiger charge is -2.11. The van der Waals surface area contributed by atoms with E-state index in [0.717, 1.165) is 11.8 Å². The Balaban J connectivity index is 3.52. The first kappa shape index (κ1) is 13.9. The van der Waals surface area contributed by atoms with Crippen LogP contribution in [0.15, 0.2) is 0 Å². The van der Waals surface area contributed by atoms with Gasteiger partial charge in [0.1, 0.15) is 12.3 Å². The predicted molar refractivity (Wildman–Crippen MR) is 57.1 cm³/mol. The van der Waals surface area contributed by atoms with E-state index in [-0.39, 0.29) is 18.0 Å². The molecule has 2 unspecified atom stereocenters. The molecule has 0 aromatic carbocycles. The van der Waals surface area contributed by atoms with E-state index in [0.29, 0.717) is 18.6 Å². The number of rotatable bonds is 7. The third-order valence-electron chi connectivity index (χ3n) is 1.90. The third-order valence-corrected chi connectivity index (χ3v) is 2.95.